The van der Waals surface area contributed by atoms with Crippen LogP contribution in [0, 0.1) is 0 Å². The number of hydrogen-bond acceptors (Lipinski definition) is 7. The molecule has 9 heteroatoms. The first kappa shape index (κ1) is 20.9. The van der Waals surface area contributed by atoms with Gasteiger partial charge in [-0.3, -0.25) is 4.79 Å². The number of carbonyl (C=O) groups is 1. The molecule has 1 aliphatic rings. The van der Waals surface area contributed by atoms with Crippen molar-refractivity contribution in [3.05, 3.63) is 72.3 Å². The Morgan fingerprint density at radius 1 is 1.15 bits per heavy atom. The topological polar surface area (TPSA) is 94.4 Å². The molecule has 0 spiro atoms. The van der Waals surface area contributed by atoms with Crippen molar-refractivity contribution in [1.82, 2.24) is 24.4 Å². The van der Waals surface area contributed by atoms with Gasteiger partial charge in [-0.25, -0.2) is 15.0 Å². The van der Waals surface area contributed by atoms with Crippen LogP contribution < -0.4 is 10.1 Å². The Labute approximate surface area is 191 Å². The van der Waals surface area contributed by atoms with Crippen LogP contribution in [0.25, 0.3) is 10.9 Å². The minimum absolute atomic E-state index is 0.0343. The second-order valence-electron chi connectivity index (χ2n) is 7.77. The van der Waals surface area contributed by atoms with Crippen LogP contribution in [0.3, 0.4) is 0 Å². The molecule has 4 heterocycles. The summed E-state index contributed by atoms with van der Waals surface area (Å²) in [6, 6.07) is 15.1. The molecule has 1 aromatic carbocycles. The fourth-order valence-electron chi connectivity index (χ4n) is 4.00. The predicted octanol–water partition coefficient (Wildman–Crippen LogP) is 3.33. The fourth-order valence-corrected chi connectivity index (χ4v) is 4.00. The van der Waals surface area contributed by atoms with Gasteiger partial charge in [0.2, 0.25) is 5.95 Å². The quantitative estimate of drug-likeness (QED) is 0.505. The van der Waals surface area contributed by atoms with Crippen LogP contribution in [-0.4, -0.2) is 57.1 Å². The number of benzene rings is 1. The minimum Gasteiger partial charge on any atom is -0.497 e. The molecular formula is C24H24N6O3. The molecule has 3 aromatic heterocycles. The van der Waals surface area contributed by atoms with Gasteiger partial charge in [-0.2, -0.15) is 0 Å². The van der Waals surface area contributed by atoms with Gasteiger partial charge in [-0.15, -0.1) is 0 Å². The minimum atomic E-state index is -0.323. The molecule has 168 valence electrons. The molecule has 33 heavy (non-hydrogen) atoms. The molecule has 4 aromatic rings. The summed E-state index contributed by atoms with van der Waals surface area (Å²) >= 11 is 0. The van der Waals surface area contributed by atoms with Crippen LogP contribution in [-0.2, 0) is 11.8 Å². The summed E-state index contributed by atoms with van der Waals surface area (Å²) in [5.41, 5.74) is 2.32. The van der Waals surface area contributed by atoms with Crippen molar-refractivity contribution in [2.45, 2.75) is 6.10 Å². The number of nitrogens with zero attached hydrogens (tertiary/aromatic N) is 5. The lowest BCUT2D eigenvalue weighted by Crippen LogP contribution is -2.43. The summed E-state index contributed by atoms with van der Waals surface area (Å²) in [5.74, 6) is 1.81. The standard InChI is InChI=1S/C24H24N6O3/c1-29-19-14-17(32-2)8-7-16(19)13-20(29)23(31)30-11-12-33-21(15-30)18-5-3-6-22(27-18)28-24-25-9-4-10-26-24/h3-10,13-14,21H,11-12,15H2,1-2H3,(H,25,26,27,28)/t21-/m1/s1. The highest BCUT2D eigenvalue weighted by molar-refractivity contribution is 5.99. The summed E-state index contributed by atoms with van der Waals surface area (Å²) in [5, 5.41) is 4.09. The van der Waals surface area contributed by atoms with E-state index >= 15 is 0 Å². The Morgan fingerprint density at radius 2 is 2.00 bits per heavy atom. The zero-order valence-corrected chi connectivity index (χ0v) is 18.4. The van der Waals surface area contributed by atoms with E-state index in [1.54, 1.807) is 25.6 Å². The summed E-state index contributed by atoms with van der Waals surface area (Å²) in [7, 11) is 3.53. The number of ether oxygens (including phenoxy) is 2. The average molecular weight is 444 g/mol. The number of morpholine rings is 1. The number of aryl methyl sites for hydroxylation is 1. The van der Waals surface area contributed by atoms with E-state index in [0.717, 1.165) is 22.3 Å². The van der Waals surface area contributed by atoms with Crippen LogP contribution >= 0.6 is 0 Å². The van der Waals surface area contributed by atoms with Crippen LogP contribution in [0.1, 0.15) is 22.3 Å². The fraction of sp³-hybridized carbons (Fsp3) is 0.250. The maximum atomic E-state index is 13.4. The van der Waals surface area contributed by atoms with Crippen LogP contribution in [0.5, 0.6) is 5.75 Å². The van der Waals surface area contributed by atoms with Gasteiger partial charge in [0.1, 0.15) is 23.4 Å². The SMILES string of the molecule is COc1ccc2cc(C(=O)N3CCO[C@@H](c4cccc(Nc5ncccn5)n4)C3)n(C)c2c1. The summed E-state index contributed by atoms with van der Waals surface area (Å²) in [6.45, 7) is 1.38. The molecule has 1 saturated heterocycles. The van der Waals surface area contributed by atoms with E-state index in [9.17, 15) is 4.79 Å². The van der Waals surface area contributed by atoms with Crippen molar-refractivity contribution in [3.63, 3.8) is 0 Å². The average Bonchev–Trinajstić information content (AvgIpc) is 3.20. The molecule has 1 amide bonds. The molecule has 1 aliphatic heterocycles. The van der Waals surface area contributed by atoms with Crippen LogP contribution in [0.4, 0.5) is 11.8 Å². The molecule has 0 aliphatic carbocycles. The Hall–Kier alpha value is -3.98. The Kier molecular flexibility index (Phi) is 5.62. The molecule has 1 fully saturated rings. The zero-order valence-electron chi connectivity index (χ0n) is 18.4. The lowest BCUT2D eigenvalue weighted by Gasteiger charge is -2.32. The van der Waals surface area contributed by atoms with E-state index in [2.05, 4.69) is 20.3 Å². The van der Waals surface area contributed by atoms with Gasteiger partial charge in [-0.05, 0) is 36.4 Å². The molecule has 0 radical (unpaired) electrons. The number of nitrogens with one attached hydrogen (secondary N) is 1. The molecule has 5 rings (SSSR count). The van der Waals surface area contributed by atoms with E-state index < -0.39 is 0 Å². The van der Waals surface area contributed by atoms with Gasteiger partial charge in [0.05, 0.1) is 31.5 Å². The zero-order chi connectivity index (χ0) is 22.8. The molecule has 0 unspecified atom stereocenters. The van der Waals surface area contributed by atoms with Crippen LogP contribution in [0.2, 0.25) is 0 Å². The highest BCUT2D eigenvalue weighted by Crippen LogP contribution is 2.27. The highest BCUT2D eigenvalue weighted by atomic mass is 16.5. The number of aromatic nitrogens is 4. The number of amides is 1. The summed E-state index contributed by atoms with van der Waals surface area (Å²) < 4.78 is 13.2. The third kappa shape index (κ3) is 4.22. The number of methoxy groups -OCH3 is 1. The molecule has 1 atom stereocenters. The van der Waals surface area contributed by atoms with E-state index in [4.69, 9.17) is 9.47 Å². The number of carbonyl (C=O) groups excluding carboxylic acids is 1. The normalized spacial score (nSPS) is 16.1. The first-order valence-electron chi connectivity index (χ1n) is 10.7. The van der Waals surface area contributed by atoms with E-state index in [1.807, 2.05) is 59.0 Å². The lowest BCUT2D eigenvalue weighted by molar-refractivity contribution is -0.0249. The highest BCUT2D eigenvalue weighted by Gasteiger charge is 2.28. The van der Waals surface area contributed by atoms with E-state index in [-0.39, 0.29) is 12.0 Å². The van der Waals surface area contributed by atoms with Gasteiger partial charge in [0.25, 0.3) is 5.91 Å². The van der Waals surface area contributed by atoms with Crippen molar-refractivity contribution in [3.8, 4) is 5.75 Å². The lowest BCUT2D eigenvalue weighted by atomic mass is 10.1. The monoisotopic (exact) mass is 444 g/mol. The molecule has 0 saturated carbocycles. The Morgan fingerprint density at radius 3 is 2.82 bits per heavy atom. The van der Waals surface area contributed by atoms with Gasteiger partial charge in [0.15, 0.2) is 0 Å². The summed E-state index contributed by atoms with van der Waals surface area (Å²) in [4.78, 5) is 28.2. The van der Waals surface area contributed by atoms with Crippen molar-refractivity contribution < 1.29 is 14.3 Å². The Balaban J connectivity index is 1.35. The maximum Gasteiger partial charge on any atom is 0.270 e. The molecular weight excluding hydrogens is 420 g/mol. The van der Waals surface area contributed by atoms with Gasteiger partial charge in [-0.1, -0.05) is 6.07 Å². The van der Waals surface area contributed by atoms with Gasteiger partial charge in [0, 0.05) is 37.4 Å². The number of fused-ring (bicyclic) bond motifs is 1. The molecule has 9 nitrogen and oxygen atoms in total. The molecule has 1 N–H and O–H groups in total. The van der Waals surface area contributed by atoms with Crippen molar-refractivity contribution in [2.75, 3.05) is 32.1 Å². The number of anilines is 2. The van der Waals surface area contributed by atoms with Crippen molar-refractivity contribution in [2.24, 2.45) is 7.05 Å². The largest absolute Gasteiger partial charge is 0.497 e. The predicted molar refractivity (Wildman–Crippen MR) is 124 cm³/mol. The maximum absolute atomic E-state index is 13.4. The number of rotatable bonds is 5. The summed E-state index contributed by atoms with van der Waals surface area (Å²) in [6.07, 6.45) is 3.00. The molecule has 0 bridgehead atoms. The number of pyridine rings is 1. The smallest absolute Gasteiger partial charge is 0.270 e. The van der Waals surface area contributed by atoms with Gasteiger partial charge < -0.3 is 24.3 Å². The van der Waals surface area contributed by atoms with Crippen molar-refractivity contribution >= 4 is 28.6 Å². The number of hydrogen-bond donors (Lipinski definition) is 1. The van der Waals surface area contributed by atoms with E-state index in [1.165, 1.54) is 0 Å². The third-order valence-corrected chi connectivity index (χ3v) is 5.73. The third-order valence-electron chi connectivity index (χ3n) is 5.73. The first-order valence-corrected chi connectivity index (χ1v) is 10.7. The second-order valence-corrected chi connectivity index (χ2v) is 7.77. The Bertz CT molecular complexity index is 1290. The van der Waals surface area contributed by atoms with Gasteiger partial charge >= 0.3 is 0 Å². The van der Waals surface area contributed by atoms with Crippen molar-refractivity contribution in [1.29, 1.82) is 0 Å². The van der Waals surface area contributed by atoms with Crippen LogP contribution in [0.15, 0.2) is 60.9 Å². The van der Waals surface area contributed by atoms with E-state index in [0.29, 0.717) is 37.2 Å². The first-order chi connectivity index (χ1) is 16.1. The second kappa shape index (κ2) is 8.87.